The van der Waals surface area contributed by atoms with Gasteiger partial charge in [-0.05, 0) is 43.2 Å². The highest BCUT2D eigenvalue weighted by atomic mass is 35.5. The number of carbonyl (C=O) groups is 1. The molecule has 2 aromatic rings. The molecule has 0 heterocycles. The Labute approximate surface area is 159 Å². The molecule has 1 amide bonds. The van der Waals surface area contributed by atoms with Crippen molar-refractivity contribution in [2.24, 2.45) is 0 Å². The number of nitrogens with one attached hydrogen (secondary N) is 1. The number of ether oxygens (including phenoxy) is 1. The quantitative estimate of drug-likeness (QED) is 0.774. The lowest BCUT2D eigenvalue weighted by atomic mass is 10.1. The van der Waals surface area contributed by atoms with Gasteiger partial charge in [0.15, 0.2) is 15.9 Å². The number of rotatable bonds is 7. The van der Waals surface area contributed by atoms with Gasteiger partial charge in [-0.25, -0.2) is 8.42 Å². The van der Waals surface area contributed by atoms with Gasteiger partial charge in [0.05, 0.1) is 16.0 Å². The van der Waals surface area contributed by atoms with Crippen molar-refractivity contribution in [1.29, 1.82) is 0 Å². The lowest BCUT2D eigenvalue weighted by Gasteiger charge is -2.21. The van der Waals surface area contributed by atoms with Gasteiger partial charge in [0, 0.05) is 6.26 Å². The van der Waals surface area contributed by atoms with E-state index in [-0.39, 0.29) is 16.8 Å². The molecule has 2 atom stereocenters. The smallest absolute Gasteiger partial charge is 0.261 e. The standard InChI is InChI=1S/C19H22ClNO4S/c1-4-17(25-18-8-6-5-7-16(18)20)19(22)21-13(2)14-9-11-15(12-10-14)26(3,23)24/h5-13,17H,4H2,1-3H3,(H,21,22). The van der Waals surface area contributed by atoms with Crippen molar-refractivity contribution in [2.45, 2.75) is 37.3 Å². The Morgan fingerprint density at radius 2 is 1.77 bits per heavy atom. The van der Waals surface area contributed by atoms with Crippen LogP contribution in [0.25, 0.3) is 0 Å². The summed E-state index contributed by atoms with van der Waals surface area (Å²) < 4.78 is 28.8. The highest BCUT2D eigenvalue weighted by molar-refractivity contribution is 7.90. The third-order valence-electron chi connectivity index (χ3n) is 3.94. The first-order valence-electron chi connectivity index (χ1n) is 8.24. The zero-order valence-corrected chi connectivity index (χ0v) is 16.5. The summed E-state index contributed by atoms with van der Waals surface area (Å²) in [5.41, 5.74) is 0.804. The molecule has 0 saturated heterocycles. The van der Waals surface area contributed by atoms with E-state index in [1.54, 1.807) is 36.4 Å². The summed E-state index contributed by atoms with van der Waals surface area (Å²) >= 11 is 6.08. The molecule has 2 aromatic carbocycles. The molecule has 0 radical (unpaired) electrons. The van der Waals surface area contributed by atoms with Crippen LogP contribution < -0.4 is 10.1 Å². The van der Waals surface area contributed by atoms with E-state index in [0.29, 0.717) is 17.2 Å². The molecule has 2 rings (SSSR count). The Morgan fingerprint density at radius 1 is 1.15 bits per heavy atom. The van der Waals surface area contributed by atoms with Crippen LogP contribution in [-0.4, -0.2) is 26.7 Å². The first-order valence-corrected chi connectivity index (χ1v) is 10.5. The van der Waals surface area contributed by atoms with Crippen molar-refractivity contribution in [2.75, 3.05) is 6.26 Å². The van der Waals surface area contributed by atoms with Gasteiger partial charge in [-0.2, -0.15) is 0 Å². The molecule has 2 unspecified atom stereocenters. The highest BCUT2D eigenvalue weighted by Crippen LogP contribution is 2.25. The molecule has 0 spiro atoms. The maximum Gasteiger partial charge on any atom is 0.261 e. The van der Waals surface area contributed by atoms with Gasteiger partial charge >= 0.3 is 0 Å². The number of benzene rings is 2. The minimum absolute atomic E-state index is 0.244. The van der Waals surface area contributed by atoms with Crippen LogP contribution in [0.5, 0.6) is 5.75 Å². The molecule has 0 aliphatic carbocycles. The monoisotopic (exact) mass is 395 g/mol. The van der Waals surface area contributed by atoms with Crippen molar-refractivity contribution < 1.29 is 17.9 Å². The lowest BCUT2D eigenvalue weighted by molar-refractivity contribution is -0.128. The maximum atomic E-state index is 12.5. The van der Waals surface area contributed by atoms with E-state index in [9.17, 15) is 13.2 Å². The first-order chi connectivity index (χ1) is 12.2. The van der Waals surface area contributed by atoms with Gasteiger partial charge in [0.1, 0.15) is 5.75 Å². The fourth-order valence-electron chi connectivity index (χ4n) is 2.41. The van der Waals surface area contributed by atoms with E-state index in [0.717, 1.165) is 11.8 Å². The van der Waals surface area contributed by atoms with Gasteiger partial charge in [-0.3, -0.25) is 4.79 Å². The van der Waals surface area contributed by atoms with Gasteiger partial charge in [-0.15, -0.1) is 0 Å². The van der Waals surface area contributed by atoms with Crippen LogP contribution in [0.2, 0.25) is 5.02 Å². The third kappa shape index (κ3) is 5.22. The Morgan fingerprint density at radius 3 is 2.31 bits per heavy atom. The minimum Gasteiger partial charge on any atom is -0.479 e. The van der Waals surface area contributed by atoms with E-state index in [4.69, 9.17) is 16.3 Å². The molecular weight excluding hydrogens is 374 g/mol. The van der Waals surface area contributed by atoms with E-state index < -0.39 is 15.9 Å². The lowest BCUT2D eigenvalue weighted by Crippen LogP contribution is -2.39. The van der Waals surface area contributed by atoms with Crippen molar-refractivity contribution in [3.8, 4) is 5.75 Å². The number of carbonyl (C=O) groups excluding carboxylic acids is 1. The molecule has 5 nitrogen and oxygen atoms in total. The molecule has 0 bridgehead atoms. The average molecular weight is 396 g/mol. The Balaban J connectivity index is 2.06. The van der Waals surface area contributed by atoms with Crippen LogP contribution in [0.4, 0.5) is 0 Å². The van der Waals surface area contributed by atoms with Crippen molar-refractivity contribution in [1.82, 2.24) is 5.32 Å². The number of sulfone groups is 1. The normalized spacial score (nSPS) is 13.7. The summed E-state index contributed by atoms with van der Waals surface area (Å²) in [6.45, 7) is 3.68. The fourth-order valence-corrected chi connectivity index (χ4v) is 3.22. The molecule has 140 valence electrons. The Hall–Kier alpha value is -2.05. The van der Waals surface area contributed by atoms with Crippen LogP contribution in [0.3, 0.4) is 0 Å². The van der Waals surface area contributed by atoms with Crippen LogP contribution >= 0.6 is 11.6 Å². The zero-order valence-electron chi connectivity index (χ0n) is 14.9. The molecule has 26 heavy (non-hydrogen) atoms. The topological polar surface area (TPSA) is 72.5 Å². The molecule has 0 aliphatic rings. The van der Waals surface area contributed by atoms with Crippen LogP contribution in [-0.2, 0) is 14.6 Å². The summed E-state index contributed by atoms with van der Waals surface area (Å²) in [5.74, 6) is 0.202. The van der Waals surface area contributed by atoms with Crippen LogP contribution in [0.1, 0.15) is 31.9 Å². The van der Waals surface area contributed by atoms with Gasteiger partial charge in [0.25, 0.3) is 5.91 Å². The summed E-state index contributed by atoms with van der Waals surface area (Å²) in [4.78, 5) is 12.8. The second-order valence-corrected chi connectivity index (χ2v) is 8.44. The molecule has 0 fully saturated rings. The SMILES string of the molecule is CCC(Oc1ccccc1Cl)C(=O)NC(C)c1ccc(S(C)(=O)=O)cc1. The second-order valence-electron chi connectivity index (χ2n) is 6.02. The molecule has 0 aliphatic heterocycles. The van der Waals surface area contributed by atoms with Crippen molar-refractivity contribution in [3.63, 3.8) is 0 Å². The highest BCUT2D eigenvalue weighted by Gasteiger charge is 2.21. The van der Waals surface area contributed by atoms with Crippen molar-refractivity contribution in [3.05, 3.63) is 59.1 Å². The fraction of sp³-hybridized carbons (Fsp3) is 0.316. The molecule has 7 heteroatoms. The van der Waals surface area contributed by atoms with Crippen molar-refractivity contribution >= 4 is 27.3 Å². The number of para-hydroxylation sites is 1. The zero-order chi connectivity index (χ0) is 19.3. The Kier molecular flexibility index (Phi) is 6.67. The van der Waals surface area contributed by atoms with Crippen LogP contribution in [0, 0.1) is 0 Å². The van der Waals surface area contributed by atoms with Gasteiger partial charge in [0.2, 0.25) is 0 Å². The van der Waals surface area contributed by atoms with E-state index >= 15 is 0 Å². The second kappa shape index (κ2) is 8.56. The predicted molar refractivity (Wildman–Crippen MR) is 102 cm³/mol. The van der Waals surface area contributed by atoms with Crippen LogP contribution in [0.15, 0.2) is 53.4 Å². The average Bonchev–Trinajstić information content (AvgIpc) is 2.60. The summed E-state index contributed by atoms with van der Waals surface area (Å²) in [5, 5.41) is 3.34. The number of amides is 1. The summed E-state index contributed by atoms with van der Waals surface area (Å²) in [6, 6.07) is 13.2. The van der Waals surface area contributed by atoms with Gasteiger partial charge in [-0.1, -0.05) is 42.8 Å². The Bertz CT molecular complexity index is 865. The first kappa shape index (κ1) is 20.3. The number of hydrogen-bond acceptors (Lipinski definition) is 4. The third-order valence-corrected chi connectivity index (χ3v) is 5.38. The molecule has 0 aromatic heterocycles. The largest absolute Gasteiger partial charge is 0.479 e. The maximum absolute atomic E-state index is 12.5. The number of hydrogen-bond donors (Lipinski definition) is 1. The molecular formula is C19H22ClNO4S. The summed E-state index contributed by atoms with van der Waals surface area (Å²) in [6.07, 6.45) is 0.967. The van der Waals surface area contributed by atoms with Gasteiger partial charge < -0.3 is 10.1 Å². The van der Waals surface area contributed by atoms with E-state index in [1.165, 1.54) is 12.1 Å². The number of halogens is 1. The predicted octanol–water partition coefficient (Wildman–Crippen LogP) is 3.78. The molecule has 0 saturated carbocycles. The summed E-state index contributed by atoms with van der Waals surface area (Å²) in [7, 11) is -3.24. The minimum atomic E-state index is -3.24. The van der Waals surface area contributed by atoms with E-state index in [2.05, 4.69) is 5.32 Å². The molecule has 1 N–H and O–H groups in total. The van der Waals surface area contributed by atoms with E-state index in [1.807, 2.05) is 13.8 Å².